The molecule has 14 heavy (non-hydrogen) atoms. The number of nitrogens with two attached hydrogens (primary N) is 1. The van der Waals surface area contributed by atoms with Crippen molar-refractivity contribution < 1.29 is 4.92 Å². The van der Waals surface area contributed by atoms with E-state index in [0.717, 1.165) is 6.20 Å². The SMILES string of the molecule is CN=C(N)N1C=CN(C)/C1=C\[N+](=O)[O-]. The summed E-state index contributed by atoms with van der Waals surface area (Å²) >= 11 is 0. The lowest BCUT2D eigenvalue weighted by atomic mass is 10.6. The van der Waals surface area contributed by atoms with Gasteiger partial charge in [-0.2, -0.15) is 0 Å². The molecule has 1 aliphatic rings. The molecule has 7 heteroatoms. The summed E-state index contributed by atoms with van der Waals surface area (Å²) in [6, 6.07) is 0. The number of nitro groups is 1. The van der Waals surface area contributed by atoms with Gasteiger partial charge in [-0.1, -0.05) is 0 Å². The standard InChI is InChI=1S/C7H11N5O2/c1-9-7(8)11-4-3-10(2)6(11)5-12(13)14/h3-5H,1-2H3,(H2,8,9)/b6-5+. The summed E-state index contributed by atoms with van der Waals surface area (Å²) in [5, 5.41) is 10.3. The molecule has 0 radical (unpaired) electrons. The number of nitrogens with zero attached hydrogens (tertiary/aromatic N) is 4. The first-order valence-electron chi connectivity index (χ1n) is 3.84. The summed E-state index contributed by atoms with van der Waals surface area (Å²) in [6.45, 7) is 0. The zero-order valence-corrected chi connectivity index (χ0v) is 7.91. The normalized spacial score (nSPS) is 19.6. The largest absolute Gasteiger partial charge is 0.369 e. The fraction of sp³-hybridized carbons (Fsp3) is 0.286. The van der Waals surface area contributed by atoms with Gasteiger partial charge in [-0.05, 0) is 0 Å². The molecule has 0 aromatic rings. The molecule has 0 atom stereocenters. The molecule has 7 nitrogen and oxygen atoms in total. The Labute approximate surface area is 81.0 Å². The van der Waals surface area contributed by atoms with E-state index in [-0.39, 0.29) is 5.96 Å². The van der Waals surface area contributed by atoms with E-state index in [1.54, 1.807) is 24.3 Å². The van der Waals surface area contributed by atoms with Crippen molar-refractivity contribution in [2.45, 2.75) is 0 Å². The van der Waals surface area contributed by atoms with Crippen LogP contribution in [0.15, 0.2) is 29.4 Å². The Balaban J connectivity index is 2.98. The molecule has 0 aromatic carbocycles. The third-order valence-corrected chi connectivity index (χ3v) is 1.74. The van der Waals surface area contributed by atoms with Crippen LogP contribution in [0.5, 0.6) is 0 Å². The molecular weight excluding hydrogens is 186 g/mol. The Bertz CT molecular complexity index is 333. The average Bonchev–Trinajstić information content (AvgIpc) is 2.46. The van der Waals surface area contributed by atoms with Crippen LogP contribution in [-0.4, -0.2) is 34.8 Å². The Morgan fingerprint density at radius 3 is 2.86 bits per heavy atom. The smallest absolute Gasteiger partial charge is 0.275 e. The molecule has 2 N–H and O–H groups in total. The number of guanidine groups is 1. The van der Waals surface area contributed by atoms with E-state index < -0.39 is 4.92 Å². The minimum absolute atomic E-state index is 0.207. The lowest BCUT2D eigenvalue weighted by Crippen LogP contribution is -2.33. The first-order chi connectivity index (χ1) is 6.56. The van der Waals surface area contributed by atoms with Crippen molar-refractivity contribution in [1.29, 1.82) is 0 Å². The van der Waals surface area contributed by atoms with Crippen molar-refractivity contribution in [3.05, 3.63) is 34.5 Å². The van der Waals surface area contributed by atoms with Crippen molar-refractivity contribution in [2.75, 3.05) is 14.1 Å². The van der Waals surface area contributed by atoms with Crippen molar-refractivity contribution in [1.82, 2.24) is 9.80 Å². The minimum atomic E-state index is -0.533. The van der Waals surface area contributed by atoms with E-state index in [4.69, 9.17) is 5.73 Å². The van der Waals surface area contributed by atoms with Gasteiger partial charge in [0.2, 0.25) is 5.96 Å². The first kappa shape index (κ1) is 10.0. The lowest BCUT2D eigenvalue weighted by Gasteiger charge is -2.18. The Morgan fingerprint density at radius 2 is 2.36 bits per heavy atom. The third kappa shape index (κ3) is 1.82. The Morgan fingerprint density at radius 1 is 1.71 bits per heavy atom. The fourth-order valence-corrected chi connectivity index (χ4v) is 1.04. The highest BCUT2D eigenvalue weighted by molar-refractivity contribution is 5.81. The highest BCUT2D eigenvalue weighted by Gasteiger charge is 2.22. The molecule has 0 bridgehead atoms. The number of hydrogen-bond donors (Lipinski definition) is 1. The fourth-order valence-electron chi connectivity index (χ4n) is 1.04. The summed E-state index contributed by atoms with van der Waals surface area (Å²) in [5.41, 5.74) is 5.54. The van der Waals surface area contributed by atoms with Crippen molar-refractivity contribution >= 4 is 5.96 Å². The van der Waals surface area contributed by atoms with Crippen LogP contribution in [0.4, 0.5) is 0 Å². The van der Waals surface area contributed by atoms with Crippen LogP contribution in [0.3, 0.4) is 0 Å². The number of rotatable bonds is 1. The van der Waals surface area contributed by atoms with Gasteiger partial charge in [-0.25, -0.2) is 0 Å². The molecule has 0 amide bonds. The van der Waals surface area contributed by atoms with Crippen LogP contribution in [0.25, 0.3) is 0 Å². The molecule has 1 aliphatic heterocycles. The molecule has 0 spiro atoms. The maximum Gasteiger partial charge on any atom is 0.275 e. The Kier molecular flexibility index (Phi) is 2.70. The van der Waals surface area contributed by atoms with Gasteiger partial charge in [0.25, 0.3) is 6.20 Å². The summed E-state index contributed by atoms with van der Waals surface area (Å²) in [6.07, 6.45) is 4.14. The average molecular weight is 197 g/mol. The molecule has 0 aliphatic carbocycles. The Hall–Kier alpha value is -2.05. The summed E-state index contributed by atoms with van der Waals surface area (Å²) in [7, 11) is 3.21. The molecule has 1 rings (SSSR count). The van der Waals surface area contributed by atoms with Gasteiger partial charge in [0.1, 0.15) is 0 Å². The predicted molar refractivity (Wildman–Crippen MR) is 51.4 cm³/mol. The molecule has 0 fully saturated rings. The second-order valence-electron chi connectivity index (χ2n) is 2.63. The topological polar surface area (TPSA) is 88.0 Å². The summed E-state index contributed by atoms with van der Waals surface area (Å²) in [5.74, 6) is 0.566. The van der Waals surface area contributed by atoms with E-state index >= 15 is 0 Å². The maximum atomic E-state index is 10.3. The summed E-state index contributed by atoms with van der Waals surface area (Å²) in [4.78, 5) is 16.6. The molecule has 0 saturated heterocycles. The van der Waals surface area contributed by atoms with Crippen LogP contribution in [0.1, 0.15) is 0 Å². The van der Waals surface area contributed by atoms with E-state index in [1.807, 2.05) is 0 Å². The van der Waals surface area contributed by atoms with Gasteiger partial charge < -0.3 is 10.6 Å². The van der Waals surface area contributed by atoms with Crippen LogP contribution < -0.4 is 5.73 Å². The molecule has 0 saturated carbocycles. The van der Waals surface area contributed by atoms with Gasteiger partial charge >= 0.3 is 0 Å². The number of hydrogen-bond acceptors (Lipinski definition) is 4. The lowest BCUT2D eigenvalue weighted by molar-refractivity contribution is -0.404. The molecule has 76 valence electrons. The quantitative estimate of drug-likeness (QED) is 0.270. The first-order valence-corrected chi connectivity index (χ1v) is 3.84. The minimum Gasteiger partial charge on any atom is -0.369 e. The van der Waals surface area contributed by atoms with E-state index in [0.29, 0.717) is 5.82 Å². The molecule has 0 unspecified atom stereocenters. The monoisotopic (exact) mass is 197 g/mol. The second-order valence-corrected chi connectivity index (χ2v) is 2.63. The highest BCUT2D eigenvalue weighted by atomic mass is 16.6. The predicted octanol–water partition coefficient (Wildman–Crippen LogP) is -0.275. The van der Waals surface area contributed by atoms with Gasteiger partial charge in [0.05, 0.1) is 4.92 Å². The van der Waals surface area contributed by atoms with E-state index in [9.17, 15) is 10.1 Å². The summed E-state index contributed by atoms with van der Waals surface area (Å²) < 4.78 is 0. The van der Waals surface area contributed by atoms with Crippen LogP contribution in [0.2, 0.25) is 0 Å². The third-order valence-electron chi connectivity index (χ3n) is 1.74. The zero-order valence-electron chi connectivity index (χ0n) is 7.91. The van der Waals surface area contributed by atoms with Gasteiger partial charge in [0.15, 0.2) is 5.82 Å². The van der Waals surface area contributed by atoms with Crippen molar-refractivity contribution in [3.8, 4) is 0 Å². The maximum absolute atomic E-state index is 10.3. The highest BCUT2D eigenvalue weighted by Crippen LogP contribution is 2.16. The second kappa shape index (κ2) is 3.77. The van der Waals surface area contributed by atoms with Crippen molar-refractivity contribution in [3.63, 3.8) is 0 Å². The van der Waals surface area contributed by atoms with Gasteiger partial charge in [-0.15, -0.1) is 0 Å². The van der Waals surface area contributed by atoms with Crippen LogP contribution in [-0.2, 0) is 0 Å². The molecular formula is C7H11N5O2. The van der Waals surface area contributed by atoms with Crippen LogP contribution >= 0.6 is 0 Å². The van der Waals surface area contributed by atoms with Gasteiger partial charge in [-0.3, -0.25) is 20.0 Å². The number of aliphatic imine (C=N–C) groups is 1. The van der Waals surface area contributed by atoms with E-state index in [2.05, 4.69) is 4.99 Å². The zero-order chi connectivity index (χ0) is 10.7. The van der Waals surface area contributed by atoms with Gasteiger partial charge in [0, 0.05) is 26.5 Å². The van der Waals surface area contributed by atoms with Crippen LogP contribution in [0, 0.1) is 10.1 Å². The molecule has 0 aromatic heterocycles. The van der Waals surface area contributed by atoms with E-state index in [1.165, 1.54) is 11.9 Å². The van der Waals surface area contributed by atoms with Crippen molar-refractivity contribution in [2.24, 2.45) is 10.7 Å². The molecule has 1 heterocycles.